The number of anilines is 1. The highest BCUT2D eigenvalue weighted by molar-refractivity contribution is 9.10. The van der Waals surface area contributed by atoms with Crippen LogP contribution in [0.2, 0.25) is 0 Å². The van der Waals surface area contributed by atoms with Crippen molar-refractivity contribution in [1.29, 1.82) is 0 Å². The van der Waals surface area contributed by atoms with Gasteiger partial charge in [-0.25, -0.2) is 19.6 Å². The normalized spacial score (nSPS) is 22.5. The lowest BCUT2D eigenvalue weighted by molar-refractivity contribution is -0.146. The van der Waals surface area contributed by atoms with Crippen molar-refractivity contribution >= 4 is 73.1 Å². The van der Waals surface area contributed by atoms with E-state index in [1.165, 1.54) is 29.4 Å². The third kappa shape index (κ3) is 8.88. The molecule has 3 aliphatic rings. The number of alkyl carbamates (subject to hydrolysis) is 1. The van der Waals surface area contributed by atoms with E-state index >= 15 is 0 Å². The average molecular weight is 870 g/mol. The molecule has 5 atom stereocenters. The highest BCUT2D eigenvalue weighted by atomic mass is 79.9. The number of fused-ring (bicyclic) bond motifs is 1. The summed E-state index contributed by atoms with van der Waals surface area (Å²) in [6, 6.07) is 3.01. The van der Waals surface area contributed by atoms with Crippen LogP contribution in [0.15, 0.2) is 40.7 Å². The van der Waals surface area contributed by atoms with E-state index in [-0.39, 0.29) is 37.3 Å². The molecule has 3 fully saturated rings. The smallest absolute Gasteiger partial charge is 0.408 e. The van der Waals surface area contributed by atoms with Crippen LogP contribution in [-0.2, 0) is 23.9 Å². The summed E-state index contributed by atoms with van der Waals surface area (Å²) in [5.41, 5.74) is -0.945. The molecule has 0 spiro atoms. The molecule has 57 heavy (non-hydrogen) atoms. The zero-order valence-electron chi connectivity index (χ0n) is 32.8. The van der Waals surface area contributed by atoms with E-state index < -0.39 is 58.9 Å². The number of thiazole rings is 1. The van der Waals surface area contributed by atoms with Gasteiger partial charge in [-0.15, -0.1) is 17.9 Å². The number of methoxy groups -OCH3 is 1. The number of aromatic nitrogens is 2. The molecule has 0 bridgehead atoms. The second-order valence-corrected chi connectivity index (χ2v) is 17.9. The molecule has 2 saturated carbocycles. The monoisotopic (exact) mass is 868 g/mol. The van der Waals surface area contributed by atoms with E-state index in [1.54, 1.807) is 58.2 Å². The van der Waals surface area contributed by atoms with Gasteiger partial charge < -0.3 is 40.2 Å². The fourth-order valence-corrected chi connectivity index (χ4v) is 8.59. The van der Waals surface area contributed by atoms with Gasteiger partial charge in [0, 0.05) is 35.1 Å². The predicted octanol–water partition coefficient (Wildman–Crippen LogP) is 6.30. The highest BCUT2D eigenvalue weighted by Gasteiger charge is 2.61. The first-order valence-electron chi connectivity index (χ1n) is 19.0. The van der Waals surface area contributed by atoms with Gasteiger partial charge in [-0.05, 0) is 65.6 Å². The van der Waals surface area contributed by atoms with Crippen LogP contribution in [0.3, 0.4) is 0 Å². The molecule has 15 nitrogen and oxygen atoms in total. The Hall–Kier alpha value is -4.77. The third-order valence-corrected chi connectivity index (χ3v) is 12.2. The maximum Gasteiger partial charge on any atom is 0.408 e. The summed E-state index contributed by atoms with van der Waals surface area (Å²) in [6.07, 6.45) is 3.37. The van der Waals surface area contributed by atoms with Crippen molar-refractivity contribution in [3.05, 3.63) is 40.7 Å². The molecule has 306 valence electrons. The molecule has 1 aliphatic heterocycles. The lowest BCUT2D eigenvalue weighted by atomic mass is 9.85. The van der Waals surface area contributed by atoms with Gasteiger partial charge in [0.15, 0.2) is 5.13 Å². The van der Waals surface area contributed by atoms with Crippen molar-refractivity contribution < 1.29 is 43.3 Å². The third-order valence-electron chi connectivity index (χ3n) is 10.7. The van der Waals surface area contributed by atoms with Crippen LogP contribution in [0.5, 0.6) is 11.5 Å². The Bertz CT molecular complexity index is 2080. The fraction of sp³-hybridized carbons (Fsp3) is 0.525. The fourth-order valence-electron chi connectivity index (χ4n) is 7.29. The molecule has 4 amide bonds. The predicted molar refractivity (Wildman–Crippen MR) is 217 cm³/mol. The minimum absolute atomic E-state index is 0.00791. The van der Waals surface area contributed by atoms with E-state index in [1.807, 2.05) is 0 Å². The highest BCUT2D eigenvalue weighted by Crippen LogP contribution is 2.45. The van der Waals surface area contributed by atoms with Crippen molar-refractivity contribution in [3.63, 3.8) is 0 Å². The molecule has 2 aliphatic carbocycles. The van der Waals surface area contributed by atoms with Gasteiger partial charge in [0.1, 0.15) is 47.0 Å². The lowest BCUT2D eigenvalue weighted by Crippen LogP contribution is -2.59. The van der Waals surface area contributed by atoms with Crippen molar-refractivity contribution in [3.8, 4) is 22.9 Å². The van der Waals surface area contributed by atoms with Crippen LogP contribution in [0.25, 0.3) is 22.3 Å². The Labute approximate surface area is 343 Å². The number of amides is 4. The van der Waals surface area contributed by atoms with Crippen LogP contribution in [0.4, 0.5) is 9.93 Å². The van der Waals surface area contributed by atoms with Gasteiger partial charge >= 0.3 is 12.1 Å². The lowest BCUT2D eigenvalue weighted by Gasteiger charge is -2.35. The van der Waals surface area contributed by atoms with Crippen LogP contribution in [0, 0.1) is 17.3 Å². The summed E-state index contributed by atoms with van der Waals surface area (Å²) in [6.45, 7) is 12.6. The summed E-state index contributed by atoms with van der Waals surface area (Å²) in [4.78, 5) is 77.5. The Morgan fingerprint density at radius 2 is 1.81 bits per heavy atom. The number of carbonyl (C=O) groups is 5. The number of carboxylic acid groups (broad SMARTS) is 1. The first-order chi connectivity index (χ1) is 26.9. The quantitative estimate of drug-likeness (QED) is 0.141. The minimum atomic E-state index is -1.54. The second kappa shape index (κ2) is 16.6. The number of ether oxygens (including phenoxy) is 3. The van der Waals surface area contributed by atoms with Crippen LogP contribution >= 0.6 is 27.3 Å². The number of nitrogens with one attached hydrogen (secondary N) is 3. The molecule has 3 aromatic rings. The topological polar surface area (TPSA) is 198 Å². The standard InChI is InChI=1S/C40H49BrN6O9S/c1-8-21-17-40(21,36(51)52)46-34(49)27-15-23(18-47(27)35(50)32(39(4,5)6)44-38(53)56-22-11-9-10-12-22)55-29-16-25(26-19-57-37(43-26)45-33(48)20(2)3)42-31-24(29)13-14-28(54-7)30(31)41/h8,13-14,16,19-23,27,32H,1,9-12,15,17-18H2,2-7H3,(H,44,53)(H,46,49)(H,51,52)(H,43,45,48)/t21-,23-,27+,32?,40-/m1/s1. The Morgan fingerprint density at radius 1 is 1.09 bits per heavy atom. The molecule has 1 saturated heterocycles. The second-order valence-electron chi connectivity index (χ2n) is 16.2. The zero-order chi connectivity index (χ0) is 41.4. The molecular formula is C40H49BrN6O9S. The number of carbonyl (C=O) groups excluding carboxylic acids is 4. The van der Waals surface area contributed by atoms with Gasteiger partial charge in [0.25, 0.3) is 0 Å². The molecule has 0 radical (unpaired) electrons. The van der Waals surface area contributed by atoms with Gasteiger partial charge in [-0.2, -0.15) is 0 Å². The van der Waals surface area contributed by atoms with E-state index in [9.17, 15) is 29.1 Å². The average Bonchev–Trinajstić information content (AvgIpc) is 3.57. The summed E-state index contributed by atoms with van der Waals surface area (Å²) in [5.74, 6) is -2.40. The summed E-state index contributed by atoms with van der Waals surface area (Å²) < 4.78 is 18.5. The van der Waals surface area contributed by atoms with E-state index in [0.29, 0.717) is 43.4 Å². The SMILES string of the molecule is C=C[C@@H]1C[C@]1(NC(=O)[C@@H]1C[C@@H](Oc2cc(-c3csc(NC(=O)C(C)C)n3)nc3c(Br)c(OC)ccc23)CN1C(=O)C(NC(=O)OC1CCCC1)C(C)(C)C)C(=O)O. The molecule has 1 unspecified atom stereocenters. The van der Waals surface area contributed by atoms with Crippen molar-refractivity contribution in [2.24, 2.45) is 17.3 Å². The van der Waals surface area contributed by atoms with Crippen LogP contribution in [-0.4, -0.2) is 93.2 Å². The Morgan fingerprint density at radius 3 is 2.42 bits per heavy atom. The number of likely N-dealkylation sites (tertiary alicyclic amines) is 1. The summed E-state index contributed by atoms with van der Waals surface area (Å²) >= 11 is 4.87. The number of rotatable bonds is 13. The van der Waals surface area contributed by atoms with Gasteiger partial charge in [-0.3, -0.25) is 14.4 Å². The van der Waals surface area contributed by atoms with E-state index in [4.69, 9.17) is 19.2 Å². The zero-order valence-corrected chi connectivity index (χ0v) is 35.3. The number of hydrogen-bond donors (Lipinski definition) is 4. The summed E-state index contributed by atoms with van der Waals surface area (Å²) in [7, 11) is 1.54. The molecule has 6 rings (SSSR count). The maximum absolute atomic E-state index is 14.6. The van der Waals surface area contributed by atoms with Gasteiger partial charge in [0.05, 0.1) is 29.3 Å². The minimum Gasteiger partial charge on any atom is -0.495 e. The molecule has 3 heterocycles. The van der Waals surface area contributed by atoms with Gasteiger partial charge in [-0.1, -0.05) is 40.7 Å². The number of carboxylic acids is 1. The first kappa shape index (κ1) is 41.9. The molecule has 2 aromatic heterocycles. The number of aliphatic carboxylic acids is 1. The van der Waals surface area contributed by atoms with Gasteiger partial charge in [0.2, 0.25) is 17.7 Å². The number of nitrogens with zero attached hydrogens (tertiary/aromatic N) is 3. The van der Waals surface area contributed by atoms with Crippen LogP contribution < -0.4 is 25.4 Å². The first-order valence-corrected chi connectivity index (χ1v) is 20.7. The molecule has 17 heteroatoms. The number of hydrogen-bond acceptors (Lipinski definition) is 11. The van der Waals surface area contributed by atoms with Crippen LogP contribution in [0.1, 0.15) is 73.1 Å². The Kier molecular flexibility index (Phi) is 12.2. The molecule has 4 N–H and O–H groups in total. The van der Waals surface area contributed by atoms with Crippen molar-refractivity contribution in [1.82, 2.24) is 25.5 Å². The Balaban J connectivity index is 1.34. The number of benzene rings is 1. The summed E-state index contributed by atoms with van der Waals surface area (Å²) in [5, 5.41) is 21.2. The van der Waals surface area contributed by atoms with E-state index in [2.05, 4.69) is 43.4 Å². The molecule has 1 aromatic carbocycles. The largest absolute Gasteiger partial charge is 0.495 e. The maximum atomic E-state index is 14.6. The van der Waals surface area contributed by atoms with Crippen molar-refractivity contribution in [2.75, 3.05) is 19.0 Å². The van der Waals surface area contributed by atoms with Crippen molar-refractivity contribution in [2.45, 2.75) is 103 Å². The van der Waals surface area contributed by atoms with E-state index in [0.717, 1.165) is 25.7 Å². The number of pyridine rings is 1. The number of halogens is 1. The molecular weight excluding hydrogens is 820 g/mol.